The molecule has 4 unspecified atom stereocenters. The zero-order valence-corrected chi connectivity index (χ0v) is 18.4. The Morgan fingerprint density at radius 1 is 1.07 bits per heavy atom. The van der Waals surface area contributed by atoms with E-state index >= 15 is 0 Å². The molecule has 5 N–H and O–H groups in total. The minimum atomic E-state index is -0.634. The summed E-state index contributed by atoms with van der Waals surface area (Å²) in [5, 5.41) is 9.78. The molecule has 2 saturated heterocycles. The van der Waals surface area contributed by atoms with Crippen molar-refractivity contribution in [1.82, 2.24) is 26.8 Å². The van der Waals surface area contributed by atoms with Gasteiger partial charge in [-0.2, -0.15) is 0 Å². The van der Waals surface area contributed by atoms with Gasteiger partial charge in [-0.1, -0.05) is 0 Å². The molecule has 4 atom stereocenters. The molecule has 3 aliphatic rings. The Balaban J connectivity index is 1.60. The number of halogens is 1. The van der Waals surface area contributed by atoms with Gasteiger partial charge in [0.1, 0.15) is 12.3 Å². The highest BCUT2D eigenvalue weighted by Gasteiger charge is 2.34. The summed E-state index contributed by atoms with van der Waals surface area (Å²) < 4.78 is 13.4. The molecule has 0 aromatic heterocycles. The van der Waals surface area contributed by atoms with Crippen LogP contribution in [0.1, 0.15) is 72.6 Å². The van der Waals surface area contributed by atoms with Crippen LogP contribution in [-0.4, -0.2) is 48.4 Å². The molecule has 1 saturated carbocycles. The number of hydrazine groups is 1. The van der Waals surface area contributed by atoms with Crippen LogP contribution >= 0.6 is 0 Å². The van der Waals surface area contributed by atoms with E-state index in [1.165, 1.54) is 0 Å². The molecule has 29 heavy (non-hydrogen) atoms. The summed E-state index contributed by atoms with van der Waals surface area (Å²) >= 11 is 0. The predicted octanol–water partition coefficient (Wildman–Crippen LogP) is 1.96. The lowest BCUT2D eigenvalue weighted by molar-refractivity contribution is -0.124. The molecule has 1 aliphatic carbocycles. The molecule has 2 heterocycles. The zero-order chi connectivity index (χ0) is 21.0. The van der Waals surface area contributed by atoms with Crippen molar-refractivity contribution in [3.8, 4) is 0 Å². The van der Waals surface area contributed by atoms with E-state index in [0.29, 0.717) is 36.8 Å². The van der Waals surface area contributed by atoms with E-state index in [2.05, 4.69) is 54.5 Å². The molecule has 2 aliphatic heterocycles. The van der Waals surface area contributed by atoms with Gasteiger partial charge in [0, 0.05) is 30.0 Å². The van der Waals surface area contributed by atoms with E-state index < -0.39 is 6.17 Å². The summed E-state index contributed by atoms with van der Waals surface area (Å²) in [4.78, 5) is 17.6. The summed E-state index contributed by atoms with van der Waals surface area (Å²) in [5.41, 5.74) is 6.40. The van der Waals surface area contributed by atoms with Crippen LogP contribution in [0, 0.1) is 11.8 Å². The van der Waals surface area contributed by atoms with Gasteiger partial charge in [0.25, 0.3) is 0 Å². The minimum Gasteiger partial charge on any atom is -0.351 e. The maximum Gasteiger partial charge on any atom is 0.229 e. The number of piperidine rings is 1. The number of carbonyl (C=O) groups excluding carboxylic acids is 1. The lowest BCUT2D eigenvalue weighted by atomic mass is 9.82. The third-order valence-corrected chi connectivity index (χ3v) is 6.20. The summed E-state index contributed by atoms with van der Waals surface area (Å²) in [6.45, 7) is 9.15. The van der Waals surface area contributed by atoms with Crippen LogP contribution in [-0.2, 0) is 4.79 Å². The Morgan fingerprint density at radius 2 is 1.79 bits per heavy atom. The molecular weight excluding hydrogens is 371 g/mol. The summed E-state index contributed by atoms with van der Waals surface area (Å²) in [6.07, 6.45) is 4.97. The molecule has 3 fully saturated rings. The SMILES string of the molecule is CC1CC(C(=O)N/C(=N/C2CC(C3CCC(F)CC3)NN2)NC(C)(C)C)CCN1. The van der Waals surface area contributed by atoms with Crippen molar-refractivity contribution >= 4 is 11.9 Å². The topological polar surface area (TPSA) is 89.6 Å². The fourth-order valence-corrected chi connectivity index (χ4v) is 4.63. The molecule has 166 valence electrons. The van der Waals surface area contributed by atoms with Crippen LogP contribution in [0.15, 0.2) is 4.99 Å². The molecule has 1 amide bonds. The molecular formula is C21H39FN6O. The van der Waals surface area contributed by atoms with E-state index in [0.717, 1.165) is 38.6 Å². The van der Waals surface area contributed by atoms with E-state index in [4.69, 9.17) is 4.99 Å². The number of nitrogens with zero attached hydrogens (tertiary/aromatic N) is 1. The van der Waals surface area contributed by atoms with Crippen molar-refractivity contribution in [2.75, 3.05) is 6.54 Å². The van der Waals surface area contributed by atoms with Crippen LogP contribution < -0.4 is 26.8 Å². The van der Waals surface area contributed by atoms with Crippen LogP contribution in [0.4, 0.5) is 4.39 Å². The Bertz CT molecular complexity index is 584. The van der Waals surface area contributed by atoms with Crippen LogP contribution in [0.5, 0.6) is 0 Å². The lowest BCUT2D eigenvalue weighted by Crippen LogP contribution is -2.53. The van der Waals surface area contributed by atoms with Crippen molar-refractivity contribution in [3.05, 3.63) is 0 Å². The smallest absolute Gasteiger partial charge is 0.229 e. The van der Waals surface area contributed by atoms with Gasteiger partial charge in [0.15, 0.2) is 5.96 Å². The first-order valence-corrected chi connectivity index (χ1v) is 11.2. The monoisotopic (exact) mass is 410 g/mol. The molecule has 0 spiro atoms. The van der Waals surface area contributed by atoms with E-state index in [-0.39, 0.29) is 23.5 Å². The Morgan fingerprint density at radius 3 is 2.45 bits per heavy atom. The second-order valence-corrected chi connectivity index (χ2v) is 10.1. The van der Waals surface area contributed by atoms with Gasteiger partial charge in [-0.15, -0.1) is 0 Å². The molecule has 0 aromatic rings. The summed E-state index contributed by atoms with van der Waals surface area (Å²) in [5.74, 6) is 1.06. The second-order valence-electron chi connectivity index (χ2n) is 10.1. The predicted molar refractivity (Wildman–Crippen MR) is 114 cm³/mol. The maximum absolute atomic E-state index is 13.4. The van der Waals surface area contributed by atoms with Gasteiger partial charge < -0.3 is 10.6 Å². The highest BCUT2D eigenvalue weighted by Crippen LogP contribution is 2.31. The number of guanidine groups is 1. The van der Waals surface area contributed by atoms with Gasteiger partial charge in [0.05, 0.1) is 0 Å². The minimum absolute atomic E-state index is 0.0107. The van der Waals surface area contributed by atoms with Crippen molar-refractivity contribution in [1.29, 1.82) is 0 Å². The van der Waals surface area contributed by atoms with Crippen LogP contribution in [0.2, 0.25) is 0 Å². The van der Waals surface area contributed by atoms with Crippen molar-refractivity contribution in [2.45, 2.75) is 103 Å². The molecule has 0 bridgehead atoms. The van der Waals surface area contributed by atoms with Crippen molar-refractivity contribution in [2.24, 2.45) is 16.8 Å². The number of alkyl halides is 1. The summed E-state index contributed by atoms with van der Waals surface area (Å²) in [7, 11) is 0. The number of rotatable bonds is 3. The number of nitrogens with one attached hydrogen (secondary N) is 5. The molecule has 0 aromatic carbocycles. The molecule has 3 rings (SSSR count). The van der Waals surface area contributed by atoms with Gasteiger partial charge in [0.2, 0.25) is 5.91 Å². The first-order chi connectivity index (χ1) is 13.7. The van der Waals surface area contributed by atoms with E-state index in [1.54, 1.807) is 0 Å². The number of carbonyl (C=O) groups is 1. The molecule has 8 heteroatoms. The number of hydrogen-bond donors (Lipinski definition) is 5. The fourth-order valence-electron chi connectivity index (χ4n) is 4.63. The molecule has 0 radical (unpaired) electrons. The first-order valence-electron chi connectivity index (χ1n) is 11.2. The highest BCUT2D eigenvalue weighted by molar-refractivity contribution is 5.98. The number of hydrogen-bond acceptors (Lipinski definition) is 5. The average Bonchev–Trinajstić information content (AvgIpc) is 3.09. The largest absolute Gasteiger partial charge is 0.351 e. The third kappa shape index (κ3) is 6.89. The van der Waals surface area contributed by atoms with Gasteiger partial charge in [-0.25, -0.2) is 14.8 Å². The van der Waals surface area contributed by atoms with Gasteiger partial charge in [-0.3, -0.25) is 15.5 Å². The van der Waals surface area contributed by atoms with Gasteiger partial charge in [-0.05, 0) is 78.7 Å². The highest BCUT2D eigenvalue weighted by atomic mass is 19.1. The lowest BCUT2D eigenvalue weighted by Gasteiger charge is -2.29. The van der Waals surface area contributed by atoms with Crippen molar-refractivity contribution in [3.63, 3.8) is 0 Å². The maximum atomic E-state index is 13.4. The number of amides is 1. The first kappa shape index (κ1) is 22.4. The Labute approximate surface area is 174 Å². The normalized spacial score (nSPS) is 36.7. The third-order valence-electron chi connectivity index (χ3n) is 6.20. The van der Waals surface area contributed by atoms with Crippen LogP contribution in [0.3, 0.4) is 0 Å². The van der Waals surface area contributed by atoms with Gasteiger partial charge >= 0.3 is 0 Å². The second kappa shape index (κ2) is 9.71. The standard InChI is InChI=1S/C21H39FN6O/c1-13-11-15(9-10-23-13)19(29)25-20(26-21(2,3)4)24-18-12-17(27-28-18)14-5-7-16(22)8-6-14/h13-18,23,27-28H,5-12H2,1-4H3,(H2,24,25,26,29). The van der Waals surface area contributed by atoms with Crippen LogP contribution in [0.25, 0.3) is 0 Å². The number of aliphatic imine (C=N–C) groups is 1. The quantitative estimate of drug-likeness (QED) is 0.363. The van der Waals surface area contributed by atoms with Crippen molar-refractivity contribution < 1.29 is 9.18 Å². The summed E-state index contributed by atoms with van der Waals surface area (Å²) in [6, 6.07) is 0.657. The van der Waals surface area contributed by atoms with E-state index in [9.17, 15) is 9.18 Å². The Hall–Kier alpha value is -1.25. The average molecular weight is 411 g/mol. The van der Waals surface area contributed by atoms with E-state index in [1.807, 2.05) is 0 Å². The molecule has 7 nitrogen and oxygen atoms in total. The Kier molecular flexibility index (Phi) is 7.51. The fraction of sp³-hybridized carbons (Fsp3) is 0.905. The zero-order valence-electron chi connectivity index (χ0n) is 18.4.